The summed E-state index contributed by atoms with van der Waals surface area (Å²) >= 11 is 0. The van der Waals surface area contributed by atoms with Crippen molar-refractivity contribution >= 4 is 0 Å². The van der Waals surface area contributed by atoms with E-state index >= 15 is 0 Å². The lowest BCUT2D eigenvalue weighted by atomic mass is 10.2. The summed E-state index contributed by atoms with van der Waals surface area (Å²) in [5.74, 6) is 0. The van der Waals surface area contributed by atoms with Crippen LogP contribution in [-0.2, 0) is 7.05 Å². The van der Waals surface area contributed by atoms with Gasteiger partial charge in [-0.05, 0) is 13.8 Å². The lowest BCUT2D eigenvalue weighted by Gasteiger charge is -2.02. The lowest BCUT2D eigenvalue weighted by molar-refractivity contribution is -0.685. The van der Waals surface area contributed by atoms with E-state index in [9.17, 15) is 0 Å². The first-order valence-electron chi connectivity index (χ1n) is 3.84. The van der Waals surface area contributed by atoms with Crippen LogP contribution >= 0.6 is 0 Å². The normalized spacial score (nSPS) is 10.3. The summed E-state index contributed by atoms with van der Waals surface area (Å²) in [5.41, 5.74) is 4.73. The maximum absolute atomic E-state index is 4.41. The molecule has 0 spiro atoms. The molecule has 0 amide bonds. The van der Waals surface area contributed by atoms with Gasteiger partial charge in [0.05, 0.1) is 0 Å². The molecular weight excluding hydrogens is 136 g/mol. The van der Waals surface area contributed by atoms with Crippen molar-refractivity contribution in [3.8, 4) is 0 Å². The molecule has 0 atom stereocenters. The Labute approximate surface area is 67.9 Å². The molecule has 1 heterocycles. The van der Waals surface area contributed by atoms with Crippen LogP contribution in [0.2, 0.25) is 0 Å². The zero-order chi connectivity index (χ0) is 8.59. The van der Waals surface area contributed by atoms with Crippen molar-refractivity contribution in [1.82, 2.24) is 4.98 Å². The average Bonchev–Trinajstić information content (AvgIpc) is 1.97. The molecule has 0 radical (unpaired) electrons. The molecule has 0 aliphatic heterocycles. The minimum absolute atomic E-state index is 1.12. The third-order valence-electron chi connectivity index (χ3n) is 2.39. The van der Waals surface area contributed by atoms with Gasteiger partial charge in [-0.2, -0.15) is 4.57 Å². The van der Waals surface area contributed by atoms with E-state index in [1.54, 1.807) is 0 Å². The molecule has 0 aliphatic rings. The fourth-order valence-electron chi connectivity index (χ4n) is 1.15. The largest absolute Gasteiger partial charge is 0.245 e. The van der Waals surface area contributed by atoms with Crippen LogP contribution in [0, 0.1) is 27.7 Å². The molecule has 0 bridgehead atoms. The van der Waals surface area contributed by atoms with E-state index < -0.39 is 0 Å². The van der Waals surface area contributed by atoms with E-state index in [0.717, 1.165) is 11.4 Å². The number of hydrogen-bond donors (Lipinski definition) is 0. The third kappa shape index (κ3) is 1.25. The van der Waals surface area contributed by atoms with Gasteiger partial charge >= 0.3 is 0 Å². The highest BCUT2D eigenvalue weighted by atomic mass is 15.0. The Hall–Kier alpha value is -0.920. The van der Waals surface area contributed by atoms with Crippen LogP contribution < -0.4 is 4.57 Å². The molecule has 0 aliphatic carbocycles. The summed E-state index contributed by atoms with van der Waals surface area (Å²) in [6, 6.07) is 0. The van der Waals surface area contributed by atoms with Crippen molar-refractivity contribution in [2.75, 3.05) is 0 Å². The van der Waals surface area contributed by atoms with Gasteiger partial charge in [-0.25, -0.2) is 4.98 Å². The zero-order valence-corrected chi connectivity index (χ0v) is 7.89. The highest BCUT2D eigenvalue weighted by molar-refractivity contribution is 5.09. The maximum atomic E-state index is 4.41. The molecule has 1 aromatic rings. The molecule has 0 aromatic carbocycles. The highest BCUT2D eigenvalue weighted by Crippen LogP contribution is 2.02. The van der Waals surface area contributed by atoms with Gasteiger partial charge in [0, 0.05) is 13.8 Å². The topological polar surface area (TPSA) is 16.8 Å². The second kappa shape index (κ2) is 2.61. The SMILES string of the molecule is Cc1nc(C)c(C)[n+](C)c1C. The van der Waals surface area contributed by atoms with Crippen molar-refractivity contribution < 1.29 is 4.57 Å². The second-order valence-corrected chi connectivity index (χ2v) is 3.01. The first-order valence-corrected chi connectivity index (χ1v) is 3.84. The Bertz CT molecular complexity index is 264. The monoisotopic (exact) mass is 151 g/mol. The van der Waals surface area contributed by atoms with E-state index in [0.29, 0.717) is 0 Å². The molecule has 0 unspecified atom stereocenters. The molecule has 11 heavy (non-hydrogen) atoms. The average molecular weight is 151 g/mol. The molecule has 1 aromatic heterocycles. The number of aromatic nitrogens is 2. The van der Waals surface area contributed by atoms with Crippen molar-refractivity contribution in [2.45, 2.75) is 27.7 Å². The quantitative estimate of drug-likeness (QED) is 0.508. The van der Waals surface area contributed by atoms with Gasteiger partial charge in [0.2, 0.25) is 0 Å². The van der Waals surface area contributed by atoms with Crippen molar-refractivity contribution in [3.63, 3.8) is 0 Å². The lowest BCUT2D eigenvalue weighted by Crippen LogP contribution is -2.38. The minimum atomic E-state index is 1.12. The van der Waals surface area contributed by atoms with Crippen LogP contribution in [0.3, 0.4) is 0 Å². The predicted molar refractivity (Wildman–Crippen MR) is 44.4 cm³/mol. The summed E-state index contributed by atoms with van der Waals surface area (Å²) in [7, 11) is 2.08. The van der Waals surface area contributed by atoms with Gasteiger partial charge < -0.3 is 0 Å². The Morgan fingerprint density at radius 2 is 1.27 bits per heavy atom. The fourth-order valence-corrected chi connectivity index (χ4v) is 1.15. The third-order valence-corrected chi connectivity index (χ3v) is 2.39. The molecule has 0 saturated heterocycles. The first kappa shape index (κ1) is 8.18. The molecule has 2 nitrogen and oxygen atoms in total. The number of aryl methyl sites for hydroxylation is 2. The van der Waals surface area contributed by atoms with Gasteiger partial charge in [-0.15, -0.1) is 0 Å². The van der Waals surface area contributed by atoms with E-state index in [4.69, 9.17) is 0 Å². The summed E-state index contributed by atoms with van der Waals surface area (Å²) in [6.07, 6.45) is 0. The standard InChI is InChI=1S/C9H15N2/c1-6-8(3)11(5)9(4)7(2)10-6/h1-5H3/q+1. The van der Waals surface area contributed by atoms with Crippen LogP contribution in [0.25, 0.3) is 0 Å². The molecular formula is C9H15N2+. The Kier molecular flexibility index (Phi) is 1.94. The maximum Gasteiger partial charge on any atom is 0.199 e. The Morgan fingerprint density at radius 3 is 1.64 bits per heavy atom. The Morgan fingerprint density at radius 1 is 0.909 bits per heavy atom. The van der Waals surface area contributed by atoms with Crippen LogP contribution in [0.1, 0.15) is 22.8 Å². The van der Waals surface area contributed by atoms with E-state index in [1.165, 1.54) is 11.4 Å². The van der Waals surface area contributed by atoms with Gasteiger partial charge in [-0.1, -0.05) is 0 Å². The van der Waals surface area contributed by atoms with Crippen LogP contribution in [0.4, 0.5) is 0 Å². The van der Waals surface area contributed by atoms with E-state index in [2.05, 4.69) is 30.4 Å². The van der Waals surface area contributed by atoms with E-state index in [1.807, 2.05) is 13.8 Å². The molecule has 2 heteroatoms. The predicted octanol–water partition coefficient (Wildman–Crippen LogP) is 1.14. The summed E-state index contributed by atoms with van der Waals surface area (Å²) in [4.78, 5) is 4.41. The van der Waals surface area contributed by atoms with Crippen molar-refractivity contribution in [1.29, 1.82) is 0 Å². The minimum Gasteiger partial charge on any atom is -0.245 e. The molecule has 60 valence electrons. The fraction of sp³-hybridized carbons (Fsp3) is 0.556. The van der Waals surface area contributed by atoms with Crippen molar-refractivity contribution in [3.05, 3.63) is 22.8 Å². The smallest absolute Gasteiger partial charge is 0.199 e. The van der Waals surface area contributed by atoms with Crippen LogP contribution in [-0.4, -0.2) is 4.98 Å². The van der Waals surface area contributed by atoms with Gasteiger partial charge in [0.1, 0.15) is 18.4 Å². The van der Waals surface area contributed by atoms with Gasteiger partial charge in [0.15, 0.2) is 11.4 Å². The molecule has 0 fully saturated rings. The summed E-state index contributed by atoms with van der Waals surface area (Å²) in [6.45, 7) is 8.27. The van der Waals surface area contributed by atoms with E-state index in [-0.39, 0.29) is 0 Å². The number of nitrogens with zero attached hydrogens (tertiary/aromatic N) is 2. The second-order valence-electron chi connectivity index (χ2n) is 3.01. The van der Waals surface area contributed by atoms with Crippen LogP contribution in [0.5, 0.6) is 0 Å². The number of hydrogen-bond acceptors (Lipinski definition) is 1. The Balaban J connectivity index is 3.46. The molecule has 0 saturated carbocycles. The first-order chi connectivity index (χ1) is 5.04. The molecule has 1 rings (SSSR count). The molecule has 0 N–H and O–H groups in total. The summed E-state index contributed by atoms with van der Waals surface area (Å²) < 4.78 is 2.18. The van der Waals surface area contributed by atoms with Gasteiger partial charge in [-0.3, -0.25) is 0 Å². The highest BCUT2D eigenvalue weighted by Gasteiger charge is 2.11. The van der Waals surface area contributed by atoms with Crippen molar-refractivity contribution in [2.24, 2.45) is 7.05 Å². The number of rotatable bonds is 0. The van der Waals surface area contributed by atoms with Gasteiger partial charge in [0.25, 0.3) is 0 Å². The summed E-state index contributed by atoms with van der Waals surface area (Å²) in [5, 5.41) is 0. The zero-order valence-electron chi connectivity index (χ0n) is 7.89. The van der Waals surface area contributed by atoms with Crippen LogP contribution in [0.15, 0.2) is 0 Å².